The average molecular weight is 428 g/mol. The normalized spacial score (nSPS) is 16.7. The second-order valence-corrected chi connectivity index (χ2v) is 8.00. The fourth-order valence-electron chi connectivity index (χ4n) is 4.00. The number of nitrogens with one attached hydrogen (secondary N) is 3. The fourth-order valence-corrected chi connectivity index (χ4v) is 4.00. The van der Waals surface area contributed by atoms with E-state index >= 15 is 0 Å². The van der Waals surface area contributed by atoms with Crippen LogP contribution in [0.4, 0.5) is 11.5 Å². The van der Waals surface area contributed by atoms with E-state index in [1.165, 1.54) is 5.56 Å². The van der Waals surface area contributed by atoms with Gasteiger partial charge in [0.2, 0.25) is 5.91 Å². The molecule has 4 aromatic rings. The van der Waals surface area contributed by atoms with E-state index in [0.29, 0.717) is 11.6 Å². The lowest BCUT2D eigenvalue weighted by molar-refractivity contribution is -0.117. The summed E-state index contributed by atoms with van der Waals surface area (Å²) in [7, 11) is 0. The Kier molecular flexibility index (Phi) is 5.51. The summed E-state index contributed by atoms with van der Waals surface area (Å²) in [6, 6.07) is 15.9. The predicted octanol–water partition coefficient (Wildman–Crippen LogP) is 3.68. The van der Waals surface area contributed by atoms with Crippen molar-refractivity contribution in [1.29, 1.82) is 0 Å². The van der Waals surface area contributed by atoms with Gasteiger partial charge in [-0.15, -0.1) is 0 Å². The van der Waals surface area contributed by atoms with E-state index in [1.807, 2.05) is 41.0 Å². The van der Waals surface area contributed by atoms with Crippen molar-refractivity contribution in [2.75, 3.05) is 17.2 Å². The van der Waals surface area contributed by atoms with Crippen molar-refractivity contribution in [2.45, 2.75) is 31.8 Å². The quantitative estimate of drug-likeness (QED) is 0.434. The monoisotopic (exact) mass is 427 g/mol. The van der Waals surface area contributed by atoms with Crippen molar-refractivity contribution < 1.29 is 4.79 Å². The summed E-state index contributed by atoms with van der Waals surface area (Å²) < 4.78 is 1.89. The highest BCUT2D eigenvalue weighted by Gasteiger charge is 2.22. The molecule has 5 rings (SSSR count). The molecule has 3 N–H and O–H groups in total. The van der Waals surface area contributed by atoms with Gasteiger partial charge in [-0.1, -0.05) is 30.3 Å². The molecule has 1 aliphatic heterocycles. The summed E-state index contributed by atoms with van der Waals surface area (Å²) in [6.07, 6.45) is 7.05. The Morgan fingerprint density at radius 1 is 1.19 bits per heavy atom. The van der Waals surface area contributed by atoms with Gasteiger partial charge in [0.1, 0.15) is 12.1 Å². The summed E-state index contributed by atoms with van der Waals surface area (Å²) in [5.41, 5.74) is 3.58. The highest BCUT2D eigenvalue weighted by Crippen LogP contribution is 2.23. The van der Waals surface area contributed by atoms with Crippen LogP contribution in [-0.4, -0.2) is 38.0 Å². The molecule has 0 radical (unpaired) electrons. The van der Waals surface area contributed by atoms with Crippen molar-refractivity contribution >= 4 is 28.4 Å². The number of hydrogen-bond donors (Lipinski definition) is 3. The number of hydrogen-bond acceptors (Lipinski definition) is 6. The SMILES string of the molecule is C[C@H](Nc1cncc(-n2cnc3cc(NC(=O)[C@@H]4CCCN4)ccc32)n1)c1ccccc1. The minimum absolute atomic E-state index is 0.00143. The van der Waals surface area contributed by atoms with Gasteiger partial charge < -0.3 is 16.0 Å². The van der Waals surface area contributed by atoms with E-state index in [4.69, 9.17) is 4.98 Å². The zero-order valence-electron chi connectivity index (χ0n) is 17.8. The third-order valence-corrected chi connectivity index (χ3v) is 5.72. The molecular weight excluding hydrogens is 402 g/mol. The first-order valence-corrected chi connectivity index (χ1v) is 10.8. The van der Waals surface area contributed by atoms with Crippen LogP contribution in [0.1, 0.15) is 31.4 Å². The lowest BCUT2D eigenvalue weighted by Gasteiger charge is -2.15. The van der Waals surface area contributed by atoms with Crippen LogP contribution in [0.2, 0.25) is 0 Å². The molecule has 0 aliphatic carbocycles. The number of carbonyl (C=O) groups is 1. The Labute approximate surface area is 186 Å². The van der Waals surface area contributed by atoms with Gasteiger partial charge in [0, 0.05) is 11.7 Å². The molecule has 1 amide bonds. The maximum absolute atomic E-state index is 12.4. The van der Waals surface area contributed by atoms with Crippen LogP contribution in [0.3, 0.4) is 0 Å². The smallest absolute Gasteiger partial charge is 0.241 e. The van der Waals surface area contributed by atoms with Crippen LogP contribution in [0.15, 0.2) is 67.3 Å². The molecule has 1 fully saturated rings. The third-order valence-electron chi connectivity index (χ3n) is 5.72. The maximum atomic E-state index is 12.4. The van der Waals surface area contributed by atoms with Crippen LogP contribution >= 0.6 is 0 Å². The molecule has 0 spiro atoms. The first kappa shape index (κ1) is 20.1. The minimum Gasteiger partial charge on any atom is -0.362 e. The van der Waals surface area contributed by atoms with E-state index in [9.17, 15) is 4.79 Å². The average Bonchev–Trinajstić information content (AvgIpc) is 3.50. The van der Waals surface area contributed by atoms with Gasteiger partial charge in [0.05, 0.1) is 29.5 Å². The lowest BCUT2D eigenvalue weighted by atomic mass is 10.1. The number of fused-ring (bicyclic) bond motifs is 1. The molecule has 3 heterocycles. The molecular formula is C24H25N7O. The van der Waals surface area contributed by atoms with Crippen LogP contribution in [0.25, 0.3) is 16.9 Å². The fraction of sp³-hybridized carbons (Fsp3) is 0.250. The van der Waals surface area contributed by atoms with Crippen molar-refractivity contribution in [3.05, 3.63) is 72.8 Å². The number of amides is 1. The number of benzene rings is 2. The zero-order valence-corrected chi connectivity index (χ0v) is 17.8. The van der Waals surface area contributed by atoms with Crippen LogP contribution in [0, 0.1) is 0 Å². The van der Waals surface area contributed by atoms with Crippen molar-refractivity contribution in [1.82, 2.24) is 24.8 Å². The number of rotatable bonds is 6. The van der Waals surface area contributed by atoms with E-state index < -0.39 is 0 Å². The minimum atomic E-state index is -0.118. The molecule has 2 aromatic carbocycles. The Morgan fingerprint density at radius 3 is 2.88 bits per heavy atom. The molecule has 8 nitrogen and oxygen atoms in total. The molecule has 1 saturated heterocycles. The van der Waals surface area contributed by atoms with Gasteiger partial charge in [-0.2, -0.15) is 0 Å². The molecule has 162 valence electrons. The molecule has 2 atom stereocenters. The van der Waals surface area contributed by atoms with Crippen LogP contribution < -0.4 is 16.0 Å². The molecule has 0 saturated carbocycles. The summed E-state index contributed by atoms with van der Waals surface area (Å²) in [4.78, 5) is 26.0. The summed E-state index contributed by atoms with van der Waals surface area (Å²) in [6.45, 7) is 2.98. The first-order chi connectivity index (χ1) is 15.7. The predicted molar refractivity (Wildman–Crippen MR) is 125 cm³/mol. The lowest BCUT2D eigenvalue weighted by Crippen LogP contribution is -2.35. The molecule has 0 unspecified atom stereocenters. The summed E-state index contributed by atoms with van der Waals surface area (Å²) in [5.74, 6) is 1.36. The van der Waals surface area contributed by atoms with Gasteiger partial charge in [0.15, 0.2) is 5.82 Å². The largest absolute Gasteiger partial charge is 0.362 e. The van der Waals surface area contributed by atoms with Crippen molar-refractivity contribution in [2.24, 2.45) is 0 Å². The van der Waals surface area contributed by atoms with Gasteiger partial charge in [0.25, 0.3) is 0 Å². The Bertz CT molecular complexity index is 1230. The number of nitrogens with zero attached hydrogens (tertiary/aromatic N) is 4. The Balaban J connectivity index is 1.35. The van der Waals surface area contributed by atoms with Gasteiger partial charge >= 0.3 is 0 Å². The molecule has 8 heteroatoms. The number of anilines is 2. The Morgan fingerprint density at radius 2 is 2.06 bits per heavy atom. The first-order valence-electron chi connectivity index (χ1n) is 10.8. The van der Waals surface area contributed by atoms with Crippen molar-refractivity contribution in [3.63, 3.8) is 0 Å². The number of imidazole rings is 1. The number of aromatic nitrogens is 4. The van der Waals surface area contributed by atoms with Gasteiger partial charge in [-0.05, 0) is 50.1 Å². The highest BCUT2D eigenvalue weighted by atomic mass is 16.2. The molecule has 32 heavy (non-hydrogen) atoms. The standard InChI is InChI=1S/C24H25N7O/c1-16(17-6-3-2-4-7-17)28-22-13-25-14-23(30-22)31-15-27-20-12-18(9-10-21(20)31)29-24(32)19-8-5-11-26-19/h2-4,6-7,9-10,12-16,19,26H,5,8,11H2,1H3,(H,28,30)(H,29,32)/t16-,19-/m0/s1. The maximum Gasteiger partial charge on any atom is 0.241 e. The molecule has 2 aromatic heterocycles. The summed E-state index contributed by atoms with van der Waals surface area (Å²) in [5, 5.41) is 9.60. The topological polar surface area (TPSA) is 96.8 Å². The van der Waals surface area contributed by atoms with Gasteiger partial charge in [-0.3, -0.25) is 14.3 Å². The molecule has 0 bridgehead atoms. The van der Waals surface area contributed by atoms with Crippen molar-refractivity contribution in [3.8, 4) is 5.82 Å². The Hall–Kier alpha value is -3.78. The second-order valence-electron chi connectivity index (χ2n) is 8.00. The third kappa shape index (κ3) is 4.17. The highest BCUT2D eigenvalue weighted by molar-refractivity contribution is 5.96. The summed E-state index contributed by atoms with van der Waals surface area (Å²) >= 11 is 0. The zero-order chi connectivity index (χ0) is 21.9. The van der Waals surface area contributed by atoms with E-state index in [0.717, 1.165) is 36.1 Å². The van der Waals surface area contributed by atoms with E-state index in [1.54, 1.807) is 18.7 Å². The second kappa shape index (κ2) is 8.76. The van der Waals surface area contributed by atoms with E-state index in [-0.39, 0.29) is 18.0 Å². The molecule has 1 aliphatic rings. The van der Waals surface area contributed by atoms with Crippen LogP contribution in [0.5, 0.6) is 0 Å². The van der Waals surface area contributed by atoms with E-state index in [2.05, 4.69) is 45.0 Å². The van der Waals surface area contributed by atoms with Gasteiger partial charge in [-0.25, -0.2) is 9.97 Å². The van der Waals surface area contributed by atoms with Crippen LogP contribution in [-0.2, 0) is 4.79 Å². The number of carbonyl (C=O) groups excluding carboxylic acids is 1.